The SMILES string of the molecule is CCC(CCO)CN1C(=O)C2C(C1=O)C2(C)C. The molecule has 0 spiro atoms. The lowest BCUT2D eigenvalue weighted by Gasteiger charge is -2.24. The monoisotopic (exact) mass is 239 g/mol. The molecular formula is C13H21NO3. The summed E-state index contributed by atoms with van der Waals surface area (Å²) in [6.45, 7) is 6.60. The molecule has 4 heteroatoms. The number of aliphatic hydroxyl groups excluding tert-OH is 1. The summed E-state index contributed by atoms with van der Waals surface area (Å²) in [6.07, 6.45) is 1.54. The van der Waals surface area contributed by atoms with Crippen LogP contribution in [0.25, 0.3) is 0 Å². The first kappa shape index (κ1) is 12.6. The van der Waals surface area contributed by atoms with Gasteiger partial charge in [0.25, 0.3) is 0 Å². The van der Waals surface area contributed by atoms with Crippen molar-refractivity contribution in [3.63, 3.8) is 0 Å². The Morgan fingerprint density at radius 1 is 1.29 bits per heavy atom. The highest BCUT2D eigenvalue weighted by Gasteiger charge is 2.72. The largest absolute Gasteiger partial charge is 0.396 e. The number of fused-ring (bicyclic) bond motifs is 1. The molecule has 2 fully saturated rings. The normalized spacial score (nSPS) is 31.6. The van der Waals surface area contributed by atoms with Crippen molar-refractivity contribution in [3.05, 3.63) is 0 Å². The Kier molecular flexibility index (Phi) is 3.02. The summed E-state index contributed by atoms with van der Waals surface area (Å²) in [5.41, 5.74) is -0.122. The molecule has 3 atom stereocenters. The van der Waals surface area contributed by atoms with Crippen LogP contribution in [0.1, 0.15) is 33.6 Å². The Morgan fingerprint density at radius 3 is 2.24 bits per heavy atom. The van der Waals surface area contributed by atoms with Gasteiger partial charge < -0.3 is 5.11 Å². The molecule has 3 unspecified atom stereocenters. The maximum Gasteiger partial charge on any atom is 0.233 e. The van der Waals surface area contributed by atoms with E-state index in [0.717, 1.165) is 6.42 Å². The van der Waals surface area contributed by atoms with Gasteiger partial charge in [-0.3, -0.25) is 14.5 Å². The first-order chi connectivity index (χ1) is 7.95. The van der Waals surface area contributed by atoms with E-state index in [4.69, 9.17) is 5.11 Å². The highest BCUT2D eigenvalue weighted by atomic mass is 16.3. The van der Waals surface area contributed by atoms with E-state index in [1.807, 2.05) is 20.8 Å². The fourth-order valence-corrected chi connectivity index (χ4v) is 3.05. The summed E-state index contributed by atoms with van der Waals surface area (Å²) in [4.78, 5) is 25.6. The van der Waals surface area contributed by atoms with Gasteiger partial charge in [-0.1, -0.05) is 27.2 Å². The molecule has 1 heterocycles. The van der Waals surface area contributed by atoms with Crippen molar-refractivity contribution in [2.75, 3.05) is 13.2 Å². The quantitative estimate of drug-likeness (QED) is 0.729. The Morgan fingerprint density at radius 2 is 1.82 bits per heavy atom. The van der Waals surface area contributed by atoms with Gasteiger partial charge in [0, 0.05) is 13.2 Å². The van der Waals surface area contributed by atoms with E-state index in [1.54, 1.807) is 0 Å². The van der Waals surface area contributed by atoms with Crippen molar-refractivity contribution in [2.45, 2.75) is 33.6 Å². The second kappa shape index (κ2) is 4.09. The van der Waals surface area contributed by atoms with Crippen LogP contribution in [0.3, 0.4) is 0 Å². The third-order valence-corrected chi connectivity index (χ3v) is 4.45. The van der Waals surface area contributed by atoms with Gasteiger partial charge in [0.2, 0.25) is 11.8 Å². The number of carbonyl (C=O) groups excluding carboxylic acids is 2. The topological polar surface area (TPSA) is 57.6 Å². The molecule has 96 valence electrons. The summed E-state index contributed by atoms with van der Waals surface area (Å²) in [5.74, 6) is 0.0690. The van der Waals surface area contributed by atoms with Gasteiger partial charge in [-0.25, -0.2) is 0 Å². The highest BCUT2D eigenvalue weighted by Crippen LogP contribution is 2.63. The second-order valence-corrected chi connectivity index (χ2v) is 5.85. The molecule has 17 heavy (non-hydrogen) atoms. The van der Waals surface area contributed by atoms with Crippen molar-refractivity contribution in [1.82, 2.24) is 4.90 Å². The molecular weight excluding hydrogens is 218 g/mol. The first-order valence-electron chi connectivity index (χ1n) is 6.41. The Bertz CT molecular complexity index is 327. The molecule has 1 aliphatic carbocycles. The second-order valence-electron chi connectivity index (χ2n) is 5.85. The van der Waals surface area contributed by atoms with Crippen molar-refractivity contribution in [3.8, 4) is 0 Å². The van der Waals surface area contributed by atoms with Crippen LogP contribution in [0.15, 0.2) is 0 Å². The van der Waals surface area contributed by atoms with Crippen LogP contribution >= 0.6 is 0 Å². The number of imide groups is 1. The van der Waals surface area contributed by atoms with E-state index in [2.05, 4.69) is 0 Å². The van der Waals surface area contributed by atoms with Gasteiger partial charge in [0.1, 0.15) is 0 Å². The Hall–Kier alpha value is -0.900. The molecule has 0 radical (unpaired) electrons. The van der Waals surface area contributed by atoms with Gasteiger partial charge in [-0.15, -0.1) is 0 Å². The minimum Gasteiger partial charge on any atom is -0.396 e. The predicted octanol–water partition coefficient (Wildman–Crippen LogP) is 1.04. The molecule has 0 aromatic heterocycles. The van der Waals surface area contributed by atoms with Crippen molar-refractivity contribution in [2.24, 2.45) is 23.2 Å². The zero-order valence-corrected chi connectivity index (χ0v) is 10.8. The molecule has 0 bridgehead atoms. The van der Waals surface area contributed by atoms with E-state index < -0.39 is 0 Å². The van der Waals surface area contributed by atoms with Gasteiger partial charge in [-0.05, 0) is 17.8 Å². The third kappa shape index (κ3) is 1.79. The smallest absolute Gasteiger partial charge is 0.233 e. The van der Waals surface area contributed by atoms with Crippen LogP contribution in [0.2, 0.25) is 0 Å². The fraction of sp³-hybridized carbons (Fsp3) is 0.846. The van der Waals surface area contributed by atoms with Gasteiger partial charge in [0.05, 0.1) is 11.8 Å². The molecule has 0 aromatic carbocycles. The average molecular weight is 239 g/mol. The summed E-state index contributed by atoms with van der Waals surface area (Å²) in [5, 5.41) is 8.93. The molecule has 1 N–H and O–H groups in total. The third-order valence-electron chi connectivity index (χ3n) is 4.45. The minimum atomic E-state index is -0.122. The Labute approximate surface area is 102 Å². The number of likely N-dealkylation sites (tertiary alicyclic amines) is 1. The number of piperidine rings is 1. The molecule has 0 aromatic rings. The van der Waals surface area contributed by atoms with Crippen LogP contribution in [0.5, 0.6) is 0 Å². The van der Waals surface area contributed by atoms with Crippen LogP contribution < -0.4 is 0 Å². The number of hydrogen-bond acceptors (Lipinski definition) is 3. The molecule has 2 rings (SSSR count). The number of carbonyl (C=O) groups is 2. The number of nitrogens with zero attached hydrogens (tertiary/aromatic N) is 1. The first-order valence-corrected chi connectivity index (χ1v) is 6.41. The van der Waals surface area contributed by atoms with Gasteiger partial charge in [0.15, 0.2) is 0 Å². The van der Waals surface area contributed by atoms with Crippen LogP contribution in [0, 0.1) is 23.2 Å². The van der Waals surface area contributed by atoms with Crippen LogP contribution in [-0.4, -0.2) is 35.0 Å². The summed E-state index contributed by atoms with van der Waals surface area (Å²) in [7, 11) is 0. The van der Waals surface area contributed by atoms with Crippen LogP contribution in [-0.2, 0) is 9.59 Å². The summed E-state index contributed by atoms with van der Waals surface area (Å²) >= 11 is 0. The van der Waals surface area contributed by atoms with Crippen LogP contribution in [0.4, 0.5) is 0 Å². The molecule has 4 nitrogen and oxygen atoms in total. The Balaban J connectivity index is 2.01. The summed E-state index contributed by atoms with van der Waals surface area (Å²) in [6, 6.07) is 0. The van der Waals surface area contributed by atoms with Crippen molar-refractivity contribution in [1.29, 1.82) is 0 Å². The molecule has 1 saturated carbocycles. The molecule has 2 amide bonds. The number of rotatable bonds is 5. The van der Waals surface area contributed by atoms with E-state index in [1.165, 1.54) is 4.90 Å². The minimum absolute atomic E-state index is 0.00129. The fourth-order valence-electron chi connectivity index (χ4n) is 3.05. The van der Waals surface area contributed by atoms with E-state index in [0.29, 0.717) is 13.0 Å². The van der Waals surface area contributed by atoms with Gasteiger partial charge in [-0.2, -0.15) is 0 Å². The molecule has 1 aliphatic heterocycles. The van der Waals surface area contributed by atoms with Crippen molar-refractivity contribution < 1.29 is 14.7 Å². The maximum atomic E-state index is 12.1. The summed E-state index contributed by atoms with van der Waals surface area (Å²) < 4.78 is 0. The maximum absolute atomic E-state index is 12.1. The lowest BCUT2D eigenvalue weighted by Crippen LogP contribution is -2.39. The zero-order valence-electron chi connectivity index (χ0n) is 10.8. The lowest BCUT2D eigenvalue weighted by atomic mass is 10.0. The van der Waals surface area contributed by atoms with E-state index in [-0.39, 0.29) is 41.6 Å². The lowest BCUT2D eigenvalue weighted by molar-refractivity contribution is -0.143. The predicted molar refractivity (Wildman–Crippen MR) is 63.0 cm³/mol. The van der Waals surface area contributed by atoms with Crippen molar-refractivity contribution >= 4 is 11.8 Å². The average Bonchev–Trinajstić information content (AvgIpc) is 2.74. The number of hydrogen-bond donors (Lipinski definition) is 1. The number of aliphatic hydroxyl groups is 1. The van der Waals surface area contributed by atoms with E-state index >= 15 is 0 Å². The van der Waals surface area contributed by atoms with E-state index in [9.17, 15) is 9.59 Å². The zero-order chi connectivity index (χ0) is 12.8. The number of amides is 2. The standard InChI is InChI=1S/C13H21NO3/c1-4-8(5-6-15)7-14-11(16)9-10(12(14)17)13(9,2)3/h8-10,15H,4-7H2,1-3H3. The molecule has 1 saturated heterocycles. The molecule has 2 aliphatic rings. The highest BCUT2D eigenvalue weighted by molar-refractivity contribution is 6.10. The van der Waals surface area contributed by atoms with Gasteiger partial charge >= 0.3 is 0 Å².